The molecule has 0 bridgehead atoms. The smallest absolute Gasteiger partial charge is 0.343 e. The Morgan fingerprint density at radius 1 is 0.429 bits per heavy atom. The summed E-state index contributed by atoms with van der Waals surface area (Å²) in [6, 6.07) is 27.9. The Bertz CT molecular complexity index is 2000. The van der Waals surface area contributed by atoms with Crippen molar-refractivity contribution in [2.75, 3.05) is 39.6 Å². The highest BCUT2D eigenvalue weighted by Crippen LogP contribution is 2.23. The lowest BCUT2D eigenvalue weighted by Crippen LogP contribution is -2.41. The van der Waals surface area contributed by atoms with Gasteiger partial charge in [0.2, 0.25) is 12.6 Å². The second-order valence-electron chi connectivity index (χ2n) is 16.6. The number of unbranched alkanes of at least 4 members (excludes halogenated alkanes) is 12. The van der Waals surface area contributed by atoms with Crippen LogP contribution in [0.2, 0.25) is 0 Å². The Hall–Kier alpha value is -6.32. The third kappa shape index (κ3) is 21.5. The molecule has 4 aromatic carbocycles. The molecule has 2 atom stereocenters. The van der Waals surface area contributed by atoms with Crippen LogP contribution in [0.25, 0.3) is 0 Å². The van der Waals surface area contributed by atoms with Crippen LogP contribution in [0.4, 0.5) is 0 Å². The maximum absolute atomic E-state index is 12.8. The summed E-state index contributed by atoms with van der Waals surface area (Å²) < 4.78 is 56.6. The fraction of sp³-hybridized carbons (Fsp3) is 0.429. The van der Waals surface area contributed by atoms with Crippen molar-refractivity contribution in [2.24, 2.45) is 0 Å². The predicted octanol–water partition coefficient (Wildman–Crippen LogP) is 11.2. The lowest BCUT2D eigenvalue weighted by molar-refractivity contribution is -0.326. The van der Waals surface area contributed by atoms with Crippen LogP contribution in [0, 0.1) is 0 Å². The number of hydrogen-bond acceptors (Lipinski definition) is 14. The van der Waals surface area contributed by atoms with E-state index in [-0.39, 0.29) is 25.2 Å². The molecule has 1 heterocycles. The number of carbonyl (C=O) groups excluding carboxylic acids is 4. The lowest BCUT2D eigenvalue weighted by Gasteiger charge is -2.31. The summed E-state index contributed by atoms with van der Waals surface area (Å²) in [6.07, 6.45) is 15.4. The maximum Gasteiger partial charge on any atom is 0.343 e. The molecule has 0 radical (unpaired) electrons. The molecule has 5 rings (SSSR count). The van der Waals surface area contributed by atoms with E-state index in [1.165, 1.54) is 12.2 Å². The summed E-state index contributed by atoms with van der Waals surface area (Å²) >= 11 is 0. The first-order chi connectivity index (χ1) is 34.3. The molecular formula is C56H68O14. The second kappa shape index (κ2) is 32.5. The first-order valence-corrected chi connectivity index (χ1v) is 24.4. The van der Waals surface area contributed by atoms with Gasteiger partial charge >= 0.3 is 23.9 Å². The van der Waals surface area contributed by atoms with Gasteiger partial charge in [0.15, 0.2) is 0 Å². The third-order valence-electron chi connectivity index (χ3n) is 11.1. The van der Waals surface area contributed by atoms with Gasteiger partial charge in [0.25, 0.3) is 0 Å². The van der Waals surface area contributed by atoms with Crippen molar-refractivity contribution in [2.45, 2.75) is 116 Å². The average molecular weight is 965 g/mol. The molecular weight excluding hydrogens is 897 g/mol. The van der Waals surface area contributed by atoms with Gasteiger partial charge in [0.1, 0.15) is 23.0 Å². The molecule has 1 aliphatic heterocycles. The van der Waals surface area contributed by atoms with Gasteiger partial charge in [-0.25, -0.2) is 19.2 Å². The monoisotopic (exact) mass is 964 g/mol. The average Bonchev–Trinajstić information content (AvgIpc) is 3.39. The highest BCUT2D eigenvalue weighted by Gasteiger charge is 2.29. The Kier molecular flexibility index (Phi) is 25.3. The topological polar surface area (TPSA) is 161 Å². The first kappa shape index (κ1) is 54.6. The molecule has 0 spiro atoms. The van der Waals surface area contributed by atoms with Crippen LogP contribution < -0.4 is 18.9 Å². The van der Waals surface area contributed by atoms with Gasteiger partial charge in [-0.1, -0.05) is 102 Å². The minimum absolute atomic E-state index is 0.206. The molecule has 1 aliphatic rings. The van der Waals surface area contributed by atoms with Crippen LogP contribution in [-0.2, 0) is 51.2 Å². The van der Waals surface area contributed by atoms with Crippen LogP contribution in [-0.4, -0.2) is 76.1 Å². The molecule has 1 saturated heterocycles. The van der Waals surface area contributed by atoms with Crippen molar-refractivity contribution in [1.82, 2.24) is 0 Å². The van der Waals surface area contributed by atoms with E-state index in [1.807, 2.05) is 24.3 Å². The van der Waals surface area contributed by atoms with Gasteiger partial charge in [-0.3, -0.25) is 0 Å². The van der Waals surface area contributed by atoms with E-state index >= 15 is 0 Å². The predicted molar refractivity (Wildman–Crippen MR) is 263 cm³/mol. The molecule has 376 valence electrons. The Morgan fingerprint density at radius 2 is 0.743 bits per heavy atom. The molecule has 4 aromatic rings. The van der Waals surface area contributed by atoms with Crippen LogP contribution in [0.15, 0.2) is 122 Å². The fourth-order valence-corrected chi connectivity index (χ4v) is 7.13. The van der Waals surface area contributed by atoms with E-state index in [2.05, 4.69) is 13.2 Å². The van der Waals surface area contributed by atoms with Crippen molar-refractivity contribution in [3.8, 4) is 23.0 Å². The summed E-state index contributed by atoms with van der Waals surface area (Å²) in [5.41, 5.74) is 2.49. The molecule has 1 fully saturated rings. The summed E-state index contributed by atoms with van der Waals surface area (Å²) in [5.74, 6) is 0.492. The number of ether oxygens (including phenoxy) is 10. The number of benzene rings is 4. The van der Waals surface area contributed by atoms with Crippen LogP contribution >= 0.6 is 0 Å². The van der Waals surface area contributed by atoms with Crippen molar-refractivity contribution >= 4 is 23.9 Å². The molecule has 14 nitrogen and oxygen atoms in total. The third-order valence-corrected chi connectivity index (χ3v) is 11.1. The zero-order valence-electron chi connectivity index (χ0n) is 40.2. The highest BCUT2D eigenvalue weighted by atomic mass is 16.8. The molecule has 0 saturated carbocycles. The Balaban J connectivity index is 0.918. The summed E-state index contributed by atoms with van der Waals surface area (Å²) in [5, 5.41) is 0. The van der Waals surface area contributed by atoms with Crippen molar-refractivity contribution < 1.29 is 66.5 Å². The van der Waals surface area contributed by atoms with Gasteiger partial charge in [-0.15, -0.1) is 0 Å². The largest absolute Gasteiger partial charge is 0.494 e. The van der Waals surface area contributed by atoms with E-state index in [4.69, 9.17) is 47.4 Å². The van der Waals surface area contributed by atoms with Gasteiger partial charge in [0, 0.05) is 12.2 Å². The van der Waals surface area contributed by atoms with E-state index in [0.29, 0.717) is 73.8 Å². The molecule has 0 N–H and O–H groups in total. The van der Waals surface area contributed by atoms with Gasteiger partial charge in [0.05, 0.1) is 64.0 Å². The van der Waals surface area contributed by atoms with Crippen LogP contribution in [0.1, 0.15) is 122 Å². The van der Waals surface area contributed by atoms with Crippen LogP contribution in [0.5, 0.6) is 23.0 Å². The van der Waals surface area contributed by atoms with Gasteiger partial charge in [-0.05, 0) is 110 Å². The molecule has 0 aromatic heterocycles. The minimum Gasteiger partial charge on any atom is -0.494 e. The molecule has 0 unspecified atom stereocenters. The number of hydrogen-bond donors (Lipinski definition) is 0. The maximum atomic E-state index is 12.8. The second-order valence-corrected chi connectivity index (χ2v) is 16.6. The molecule has 0 aliphatic carbocycles. The van der Waals surface area contributed by atoms with Crippen LogP contribution in [0.3, 0.4) is 0 Å². The fourth-order valence-electron chi connectivity index (χ4n) is 7.13. The summed E-state index contributed by atoms with van der Waals surface area (Å²) in [4.78, 5) is 47.8. The standard InChI is InChI=1S/C56H68O14/c1-3-51(57)63-37-17-13-9-5-7-11-15-35-61-47-31-23-45(24-32-47)53(59)69-49-27-19-43(20-28-49)41-67-55-56(66-40-39-65-55)68-42-44-21-29-50(30-22-44)70-54(60)46-25-33-48(34-26-46)62-36-16-12-8-6-10-14-18-38-64-52(58)4-2/h3-4,19-34,55-56H,1-2,5-18,35-42H2/t55-,56-/m0/s1. The minimum atomic E-state index is -0.769. The van der Waals surface area contributed by atoms with E-state index in [0.717, 1.165) is 101 Å². The summed E-state index contributed by atoms with van der Waals surface area (Å²) in [7, 11) is 0. The SMILES string of the molecule is C=CC(=O)OCCCCCCCCCOc1ccc(C(=O)Oc2ccc(CO[C@@H]3OCCO[C@H]3OCc3ccc(OC(=O)c4ccc(OCCCCCCCCCOC(=O)C=C)cc4)cc3)cc2)cc1. The Morgan fingerprint density at radius 3 is 1.09 bits per heavy atom. The molecule has 70 heavy (non-hydrogen) atoms. The van der Waals surface area contributed by atoms with Gasteiger partial charge in [-0.2, -0.15) is 0 Å². The summed E-state index contributed by atoms with van der Waals surface area (Å²) in [6.45, 7) is 9.98. The number of rotatable bonds is 34. The highest BCUT2D eigenvalue weighted by molar-refractivity contribution is 5.91. The molecule has 14 heteroatoms. The lowest BCUT2D eigenvalue weighted by atomic mass is 10.1. The van der Waals surface area contributed by atoms with Gasteiger partial charge < -0.3 is 47.4 Å². The van der Waals surface area contributed by atoms with Crippen molar-refractivity contribution in [1.29, 1.82) is 0 Å². The van der Waals surface area contributed by atoms with E-state index < -0.39 is 24.5 Å². The zero-order valence-corrected chi connectivity index (χ0v) is 40.2. The Labute approximate surface area is 412 Å². The van der Waals surface area contributed by atoms with E-state index in [9.17, 15) is 19.2 Å². The van der Waals surface area contributed by atoms with E-state index in [1.54, 1.807) is 72.8 Å². The zero-order chi connectivity index (χ0) is 49.4. The van der Waals surface area contributed by atoms with Crippen molar-refractivity contribution in [3.63, 3.8) is 0 Å². The number of carbonyl (C=O) groups is 4. The van der Waals surface area contributed by atoms with Crippen molar-refractivity contribution in [3.05, 3.63) is 145 Å². The number of esters is 4. The first-order valence-electron chi connectivity index (χ1n) is 24.4. The quantitative estimate of drug-likeness (QED) is 0.0188. The molecule has 0 amide bonds. The normalized spacial score (nSPS) is 14.2.